The van der Waals surface area contributed by atoms with Crippen LogP contribution in [0, 0.1) is 0 Å². The third kappa shape index (κ3) is 20.3. The van der Waals surface area contributed by atoms with Crippen LogP contribution in [0.3, 0.4) is 0 Å². The first-order valence-corrected chi connectivity index (χ1v) is 27.6. The Kier molecular flexibility index (Phi) is 28.0. The summed E-state index contributed by atoms with van der Waals surface area (Å²) in [5, 5.41) is 0. The fraction of sp³-hybridized carbons (Fsp3) is 1.00. The molecule has 0 radical (unpaired) electrons. The Balaban J connectivity index is 4.53. The van der Waals surface area contributed by atoms with E-state index in [0.717, 1.165) is 50.0 Å². The van der Waals surface area contributed by atoms with Gasteiger partial charge in [-0.2, -0.15) is 131 Å². The van der Waals surface area contributed by atoms with E-state index in [1.807, 2.05) is 0 Å². The number of unbranched alkanes of at least 4 members (excludes halogenated alkanes) is 14. The van der Waals surface area contributed by atoms with Gasteiger partial charge in [0.1, 0.15) is 0 Å². The average molecular weight is 1260 g/mol. The lowest BCUT2D eigenvalue weighted by molar-refractivity contribution is -0.440. The lowest BCUT2D eigenvalue weighted by atomic mass is 9.91. The minimum atomic E-state index is -8.10. The van der Waals surface area contributed by atoms with E-state index in [9.17, 15) is 131 Å². The Hall–Kier alpha value is -1.38. The number of hydrogen-bond acceptors (Lipinski definition) is 8. The van der Waals surface area contributed by atoms with Crippen LogP contribution in [0.5, 0.6) is 0 Å². The Bertz CT molecular complexity index is 1800. The normalized spacial score (nSPS) is 15.9. The van der Waals surface area contributed by atoms with Gasteiger partial charge in [0.05, 0.1) is 12.2 Å². The molecule has 2 unspecified atom stereocenters. The topological polar surface area (TPSA) is 127 Å². The molecule has 0 aromatic carbocycles. The molecule has 458 valence electrons. The highest BCUT2D eigenvalue weighted by Gasteiger charge is 2.92. The van der Waals surface area contributed by atoms with Crippen molar-refractivity contribution in [3.63, 3.8) is 0 Å². The second kappa shape index (κ2) is 28.5. The Morgan fingerprint density at radius 3 is 0.737 bits per heavy atom. The van der Waals surface area contributed by atoms with E-state index in [2.05, 4.69) is 8.37 Å². The molecular formula is C38H52F26O8S4. The molecular weight excluding hydrogens is 1210 g/mol. The highest BCUT2D eigenvalue weighted by Crippen LogP contribution is 2.62. The number of hydrogen-bond donors (Lipinski definition) is 2. The van der Waals surface area contributed by atoms with Gasteiger partial charge in [-0.05, 0) is 38.5 Å². The third-order valence-electron chi connectivity index (χ3n) is 11.2. The summed E-state index contributed by atoms with van der Waals surface area (Å²) >= 11 is 0. The maximum Gasteiger partial charge on any atom is 0.460 e. The van der Waals surface area contributed by atoms with Gasteiger partial charge in [0.25, 0.3) is 0 Å². The quantitative estimate of drug-likeness (QED) is 0.0264. The maximum absolute atomic E-state index is 14.2. The van der Waals surface area contributed by atoms with Gasteiger partial charge in [0.2, 0.25) is 0 Å². The minimum absolute atomic E-state index is 0.127. The first-order chi connectivity index (χ1) is 33.9. The molecule has 0 saturated heterocycles. The van der Waals surface area contributed by atoms with Gasteiger partial charge in [0.15, 0.2) is 0 Å². The second-order valence-corrected chi connectivity index (χ2v) is 22.0. The van der Waals surface area contributed by atoms with Gasteiger partial charge in [-0.25, -0.2) is 8.37 Å². The van der Waals surface area contributed by atoms with Crippen LogP contribution < -0.4 is 0 Å². The molecule has 76 heavy (non-hydrogen) atoms. The van der Waals surface area contributed by atoms with Gasteiger partial charge in [-0.15, -0.1) is 0 Å². The van der Waals surface area contributed by atoms with Gasteiger partial charge in [-0.1, -0.05) is 111 Å². The lowest BCUT2D eigenvalue weighted by Gasteiger charge is -2.40. The second-order valence-electron chi connectivity index (χ2n) is 17.2. The van der Waals surface area contributed by atoms with Crippen LogP contribution in [0.15, 0.2) is 0 Å². The molecule has 2 atom stereocenters. The summed E-state index contributed by atoms with van der Waals surface area (Å²) in [5.74, 6) is -74.5. The van der Waals surface area contributed by atoms with E-state index in [1.54, 1.807) is 21.6 Å². The summed E-state index contributed by atoms with van der Waals surface area (Å²) in [4.78, 5) is 0. The van der Waals surface area contributed by atoms with Crippen molar-refractivity contribution >= 4 is 42.4 Å². The van der Waals surface area contributed by atoms with E-state index in [4.69, 9.17) is 9.11 Å². The van der Waals surface area contributed by atoms with E-state index in [-0.39, 0.29) is 25.7 Å². The molecule has 38 heteroatoms. The van der Waals surface area contributed by atoms with Crippen molar-refractivity contribution < 1.29 is 148 Å². The molecule has 2 N–H and O–H groups in total. The summed E-state index contributed by atoms with van der Waals surface area (Å²) < 4.78 is 418. The van der Waals surface area contributed by atoms with Crippen molar-refractivity contribution in [3.8, 4) is 0 Å². The Morgan fingerprint density at radius 2 is 0.513 bits per heavy atom. The molecule has 0 amide bonds. The van der Waals surface area contributed by atoms with Crippen LogP contribution in [0.1, 0.15) is 141 Å². The number of alkyl halides is 26. The molecule has 0 aromatic heterocycles. The molecule has 0 aromatic rings. The molecule has 8 nitrogen and oxygen atoms in total. The zero-order valence-corrected chi connectivity index (χ0v) is 42.2. The minimum Gasteiger partial charge on any atom is -0.264 e. The van der Waals surface area contributed by atoms with E-state index < -0.39 is 143 Å². The van der Waals surface area contributed by atoms with Crippen molar-refractivity contribution in [3.05, 3.63) is 0 Å². The molecule has 0 spiro atoms. The summed E-state index contributed by atoms with van der Waals surface area (Å²) in [5.41, 5.74) is 0. The smallest absolute Gasteiger partial charge is 0.264 e. The van der Waals surface area contributed by atoms with Crippen LogP contribution in [-0.2, 0) is 29.2 Å². The Morgan fingerprint density at radius 1 is 0.303 bits per heavy atom. The summed E-state index contributed by atoms with van der Waals surface area (Å²) in [6, 6.07) is 0. The number of halogens is 26. The van der Waals surface area contributed by atoms with Crippen molar-refractivity contribution in [2.45, 2.75) is 225 Å². The van der Waals surface area contributed by atoms with Gasteiger partial charge < -0.3 is 0 Å². The van der Waals surface area contributed by atoms with Crippen LogP contribution in [0.4, 0.5) is 114 Å². The van der Waals surface area contributed by atoms with Gasteiger partial charge in [0, 0.05) is 24.3 Å². The first kappa shape index (κ1) is 74.6. The van der Waals surface area contributed by atoms with Crippen LogP contribution >= 0.6 is 21.6 Å². The standard InChI is InChI=1S/C38H52F26O8S4/c39-27(40,29(43,44)31(47,48)33(51,52)35(55,56)37(59,60)61)21-19-25(71-75(65,66)67)17-13-9-5-1-3-7-11-15-23-73-74-24-16-12-8-4-2-6-10-14-18-26(72-76(68,69)70)20-22-28(41,42)30(45,46)32(49,50)34(53,54)36(57,58)38(62,63)64/h25-26H,1-24H2,(H,65,66,67)(H,68,69,70). The highest BCUT2D eigenvalue weighted by molar-refractivity contribution is 8.76. The first-order valence-electron chi connectivity index (χ1n) is 22.3. The molecule has 0 rings (SSSR count). The SMILES string of the molecule is O=S(=O)(O)OC(CCCCCCCCCCSSCCCCCCCCCCC(CCC(F)(F)C(F)(F)C(F)(F)C(F)(F)C(F)(F)C(F)(F)F)OS(=O)(=O)O)CCC(F)(F)C(F)(F)C(F)(F)C(F)(F)C(F)(F)C(F)(F)F. The molecule has 0 saturated carbocycles. The molecule has 0 aliphatic carbocycles. The molecule has 0 aliphatic heterocycles. The fourth-order valence-electron chi connectivity index (χ4n) is 6.73. The van der Waals surface area contributed by atoms with Crippen LogP contribution in [0.2, 0.25) is 0 Å². The fourth-order valence-corrected chi connectivity index (χ4v) is 10.1. The van der Waals surface area contributed by atoms with Crippen LogP contribution in [0.25, 0.3) is 0 Å². The predicted octanol–water partition coefficient (Wildman–Crippen LogP) is 16.8. The van der Waals surface area contributed by atoms with Gasteiger partial charge in [-0.3, -0.25) is 9.11 Å². The van der Waals surface area contributed by atoms with Crippen molar-refractivity contribution in [2.24, 2.45) is 0 Å². The van der Waals surface area contributed by atoms with Crippen molar-refractivity contribution in [1.29, 1.82) is 0 Å². The highest BCUT2D eigenvalue weighted by atomic mass is 33.1. The van der Waals surface area contributed by atoms with E-state index >= 15 is 0 Å². The zero-order valence-electron chi connectivity index (χ0n) is 38.9. The average Bonchev–Trinajstić information content (AvgIpc) is 3.23. The van der Waals surface area contributed by atoms with Crippen LogP contribution in [-0.4, -0.2) is 121 Å². The summed E-state index contributed by atoms with van der Waals surface area (Å²) in [6.45, 7) is 0. The van der Waals surface area contributed by atoms with E-state index in [1.165, 1.54) is 0 Å². The molecule has 0 heterocycles. The third-order valence-corrected chi connectivity index (χ3v) is 14.8. The largest absolute Gasteiger partial charge is 0.460 e. The molecule has 0 fully saturated rings. The maximum atomic E-state index is 14.2. The molecule has 0 bridgehead atoms. The monoisotopic (exact) mass is 1260 g/mol. The zero-order chi connectivity index (χ0) is 60.0. The summed E-state index contributed by atoms with van der Waals surface area (Å²) in [6.07, 6.45) is -21.5. The van der Waals surface area contributed by atoms with Crippen molar-refractivity contribution in [2.75, 3.05) is 11.5 Å². The van der Waals surface area contributed by atoms with Gasteiger partial charge >= 0.3 is 92.4 Å². The Labute approximate surface area is 426 Å². The summed E-state index contributed by atoms with van der Waals surface area (Å²) in [7, 11) is -7.90. The van der Waals surface area contributed by atoms with E-state index in [0.29, 0.717) is 38.5 Å². The number of rotatable bonds is 41. The molecule has 0 aliphatic rings. The van der Waals surface area contributed by atoms with Crippen molar-refractivity contribution in [1.82, 2.24) is 0 Å². The predicted molar refractivity (Wildman–Crippen MR) is 221 cm³/mol. The lowest BCUT2D eigenvalue weighted by Crippen LogP contribution is -2.70.